The van der Waals surface area contributed by atoms with Crippen LogP contribution in [0.25, 0.3) is 10.9 Å². The first-order chi connectivity index (χ1) is 11.5. The van der Waals surface area contributed by atoms with Crippen molar-refractivity contribution in [3.8, 4) is 0 Å². The Bertz CT molecular complexity index is 895. The number of rotatable bonds is 4. The third-order valence-electron chi connectivity index (χ3n) is 3.60. The molecule has 0 spiro atoms. The third kappa shape index (κ3) is 3.54. The van der Waals surface area contributed by atoms with Crippen LogP contribution in [0, 0.1) is 12.7 Å². The van der Waals surface area contributed by atoms with Crippen molar-refractivity contribution in [1.29, 1.82) is 0 Å². The Morgan fingerprint density at radius 3 is 2.79 bits per heavy atom. The topological polar surface area (TPSA) is 54.9 Å². The standard InChI is InChI=1S/C18H16FN3OS/c1-11-7-8-13(9-15(11)19)22-17(23)12(2)24-18-14-5-3-4-6-16(14)20-10-21-18/h3-10,12H,1-2H3,(H,22,23). The second-order valence-electron chi connectivity index (χ2n) is 5.41. The van der Waals surface area contributed by atoms with Gasteiger partial charge >= 0.3 is 0 Å². The molecule has 6 heteroatoms. The Hall–Kier alpha value is -2.47. The smallest absolute Gasteiger partial charge is 0.237 e. The summed E-state index contributed by atoms with van der Waals surface area (Å²) in [5.41, 5.74) is 1.83. The number of carbonyl (C=O) groups is 1. The molecule has 1 amide bonds. The number of nitrogens with one attached hydrogen (secondary N) is 1. The fourth-order valence-electron chi connectivity index (χ4n) is 2.21. The van der Waals surface area contributed by atoms with E-state index in [0.717, 1.165) is 15.9 Å². The number of aromatic nitrogens is 2. The van der Waals surface area contributed by atoms with Crippen LogP contribution in [-0.4, -0.2) is 21.1 Å². The molecular formula is C18H16FN3OS. The number of hydrogen-bond acceptors (Lipinski definition) is 4. The molecule has 1 atom stereocenters. The van der Waals surface area contributed by atoms with Crippen molar-refractivity contribution in [2.24, 2.45) is 0 Å². The summed E-state index contributed by atoms with van der Waals surface area (Å²) in [5, 5.41) is 4.01. The molecule has 3 aromatic rings. The Labute approximate surface area is 143 Å². The third-order valence-corrected chi connectivity index (χ3v) is 4.72. The molecule has 122 valence electrons. The first-order valence-corrected chi connectivity index (χ1v) is 8.36. The molecule has 1 aromatic heterocycles. The first-order valence-electron chi connectivity index (χ1n) is 7.48. The molecule has 0 aliphatic heterocycles. The van der Waals surface area contributed by atoms with Gasteiger partial charge in [0.1, 0.15) is 17.2 Å². The van der Waals surface area contributed by atoms with Crippen molar-refractivity contribution in [1.82, 2.24) is 9.97 Å². The number of hydrogen-bond donors (Lipinski definition) is 1. The number of amides is 1. The van der Waals surface area contributed by atoms with Crippen molar-refractivity contribution >= 4 is 34.3 Å². The predicted molar refractivity (Wildman–Crippen MR) is 94.6 cm³/mol. The number of para-hydroxylation sites is 1. The van der Waals surface area contributed by atoms with E-state index in [1.807, 2.05) is 24.3 Å². The van der Waals surface area contributed by atoms with Crippen LogP contribution in [0.3, 0.4) is 0 Å². The van der Waals surface area contributed by atoms with E-state index in [2.05, 4.69) is 15.3 Å². The van der Waals surface area contributed by atoms with Gasteiger partial charge in [0.25, 0.3) is 0 Å². The zero-order valence-corrected chi connectivity index (χ0v) is 14.1. The van der Waals surface area contributed by atoms with Crippen molar-refractivity contribution in [2.45, 2.75) is 24.1 Å². The molecule has 0 aliphatic carbocycles. The van der Waals surface area contributed by atoms with Gasteiger partial charge in [-0.3, -0.25) is 4.79 Å². The lowest BCUT2D eigenvalue weighted by Crippen LogP contribution is -2.22. The highest BCUT2D eigenvalue weighted by atomic mass is 32.2. The number of aryl methyl sites for hydroxylation is 1. The summed E-state index contributed by atoms with van der Waals surface area (Å²) in [7, 11) is 0. The van der Waals surface area contributed by atoms with Gasteiger partial charge < -0.3 is 5.32 Å². The highest BCUT2D eigenvalue weighted by Crippen LogP contribution is 2.28. The highest BCUT2D eigenvalue weighted by Gasteiger charge is 2.17. The molecule has 0 bridgehead atoms. The molecule has 0 saturated carbocycles. The van der Waals surface area contributed by atoms with E-state index in [4.69, 9.17) is 0 Å². The molecule has 1 N–H and O–H groups in total. The van der Waals surface area contributed by atoms with E-state index in [0.29, 0.717) is 11.3 Å². The van der Waals surface area contributed by atoms with Gasteiger partial charge in [0.15, 0.2) is 0 Å². The minimum Gasteiger partial charge on any atom is -0.325 e. The summed E-state index contributed by atoms with van der Waals surface area (Å²) < 4.78 is 13.6. The summed E-state index contributed by atoms with van der Waals surface area (Å²) in [5.74, 6) is -0.541. The number of nitrogens with zero attached hydrogens (tertiary/aromatic N) is 2. The summed E-state index contributed by atoms with van der Waals surface area (Å²) in [6.07, 6.45) is 1.49. The molecule has 2 aromatic carbocycles. The van der Waals surface area contributed by atoms with Gasteiger partial charge in [0, 0.05) is 11.1 Å². The van der Waals surface area contributed by atoms with Crippen LogP contribution >= 0.6 is 11.8 Å². The van der Waals surface area contributed by atoms with Gasteiger partial charge in [-0.05, 0) is 37.6 Å². The number of fused-ring (bicyclic) bond motifs is 1. The SMILES string of the molecule is Cc1ccc(NC(=O)C(C)Sc2ncnc3ccccc23)cc1F. The molecule has 0 fully saturated rings. The van der Waals surface area contributed by atoms with E-state index in [-0.39, 0.29) is 17.0 Å². The van der Waals surface area contributed by atoms with Crippen molar-refractivity contribution in [3.63, 3.8) is 0 Å². The Balaban J connectivity index is 1.75. The van der Waals surface area contributed by atoms with Crippen LogP contribution in [0.1, 0.15) is 12.5 Å². The minimum atomic E-state index is -0.382. The molecule has 0 radical (unpaired) electrons. The van der Waals surface area contributed by atoms with Crippen LogP contribution in [-0.2, 0) is 4.79 Å². The zero-order chi connectivity index (χ0) is 17.1. The van der Waals surface area contributed by atoms with Gasteiger partial charge in [-0.15, -0.1) is 0 Å². The van der Waals surface area contributed by atoms with E-state index >= 15 is 0 Å². The van der Waals surface area contributed by atoms with Crippen LogP contribution < -0.4 is 5.32 Å². The second kappa shape index (κ2) is 6.97. The largest absolute Gasteiger partial charge is 0.325 e. The fraction of sp³-hybridized carbons (Fsp3) is 0.167. The average molecular weight is 341 g/mol. The average Bonchev–Trinajstić information content (AvgIpc) is 2.58. The van der Waals surface area contributed by atoms with Crippen molar-refractivity contribution < 1.29 is 9.18 Å². The monoisotopic (exact) mass is 341 g/mol. The van der Waals surface area contributed by atoms with Crippen LogP contribution in [0.15, 0.2) is 53.8 Å². The lowest BCUT2D eigenvalue weighted by molar-refractivity contribution is -0.115. The van der Waals surface area contributed by atoms with Gasteiger partial charge in [-0.2, -0.15) is 0 Å². The van der Waals surface area contributed by atoms with Gasteiger partial charge in [-0.1, -0.05) is 36.0 Å². The maximum atomic E-state index is 13.6. The molecule has 4 nitrogen and oxygen atoms in total. The number of halogens is 1. The molecule has 0 saturated heterocycles. The molecular weight excluding hydrogens is 325 g/mol. The summed E-state index contributed by atoms with van der Waals surface area (Å²) in [4.78, 5) is 20.8. The van der Waals surface area contributed by atoms with Crippen molar-refractivity contribution in [3.05, 3.63) is 60.2 Å². The summed E-state index contributed by atoms with van der Waals surface area (Å²) in [6.45, 7) is 3.47. The highest BCUT2D eigenvalue weighted by molar-refractivity contribution is 8.00. The van der Waals surface area contributed by atoms with Gasteiger partial charge in [-0.25, -0.2) is 14.4 Å². The maximum absolute atomic E-state index is 13.6. The van der Waals surface area contributed by atoms with Crippen molar-refractivity contribution in [2.75, 3.05) is 5.32 Å². The molecule has 24 heavy (non-hydrogen) atoms. The number of carbonyl (C=O) groups excluding carboxylic acids is 1. The molecule has 3 rings (SSSR count). The molecule has 1 unspecified atom stereocenters. The number of anilines is 1. The molecule has 0 aliphatic rings. The van der Waals surface area contributed by atoms with E-state index in [1.54, 1.807) is 26.0 Å². The van der Waals surface area contributed by atoms with Gasteiger partial charge in [0.2, 0.25) is 5.91 Å². The summed E-state index contributed by atoms with van der Waals surface area (Å²) in [6, 6.07) is 12.3. The first kappa shape index (κ1) is 16.4. The summed E-state index contributed by atoms with van der Waals surface area (Å²) >= 11 is 1.35. The van der Waals surface area contributed by atoms with E-state index in [1.165, 1.54) is 24.2 Å². The maximum Gasteiger partial charge on any atom is 0.237 e. The minimum absolute atomic E-state index is 0.203. The predicted octanol–water partition coefficient (Wildman–Crippen LogP) is 4.20. The molecule has 1 heterocycles. The van der Waals surface area contributed by atoms with Crippen LogP contribution in [0.2, 0.25) is 0 Å². The zero-order valence-electron chi connectivity index (χ0n) is 13.3. The lowest BCUT2D eigenvalue weighted by Gasteiger charge is -2.13. The second-order valence-corrected chi connectivity index (χ2v) is 6.74. The van der Waals surface area contributed by atoms with Gasteiger partial charge in [0.05, 0.1) is 10.8 Å². The van der Waals surface area contributed by atoms with Crippen LogP contribution in [0.4, 0.5) is 10.1 Å². The van der Waals surface area contributed by atoms with E-state index in [9.17, 15) is 9.18 Å². The number of thioether (sulfide) groups is 1. The Kier molecular flexibility index (Phi) is 4.76. The quantitative estimate of drug-likeness (QED) is 0.571. The Morgan fingerprint density at radius 1 is 1.21 bits per heavy atom. The Morgan fingerprint density at radius 2 is 2.00 bits per heavy atom. The fourth-order valence-corrected chi connectivity index (χ4v) is 3.12. The lowest BCUT2D eigenvalue weighted by atomic mass is 10.2. The normalized spacial score (nSPS) is 12.1. The van der Waals surface area contributed by atoms with Crippen LogP contribution in [0.5, 0.6) is 0 Å². The number of benzene rings is 2. The van der Waals surface area contributed by atoms with E-state index < -0.39 is 0 Å².